The van der Waals surface area contributed by atoms with E-state index in [1.807, 2.05) is 44.2 Å². The number of carbonyl (C=O) groups excluding carboxylic acids is 1. The van der Waals surface area contributed by atoms with Gasteiger partial charge in [-0.3, -0.25) is 9.69 Å². The number of rotatable bonds is 8. The minimum absolute atomic E-state index is 0.239. The zero-order valence-corrected chi connectivity index (χ0v) is 19.9. The molecule has 0 unspecified atom stereocenters. The lowest BCUT2D eigenvalue weighted by molar-refractivity contribution is -0.145. The molecule has 7 nitrogen and oxygen atoms in total. The molecule has 2 heterocycles. The van der Waals surface area contributed by atoms with Gasteiger partial charge in [-0.25, -0.2) is 9.97 Å². The first-order chi connectivity index (χ1) is 16.6. The Balaban J connectivity index is 1.57. The molecule has 7 heteroatoms. The molecule has 1 saturated heterocycles. The van der Waals surface area contributed by atoms with E-state index < -0.39 is 11.9 Å². The van der Waals surface area contributed by atoms with Gasteiger partial charge >= 0.3 is 5.97 Å². The van der Waals surface area contributed by atoms with Gasteiger partial charge in [0.2, 0.25) is 0 Å². The van der Waals surface area contributed by atoms with E-state index in [0.717, 1.165) is 44.7 Å². The maximum Gasteiger partial charge on any atom is 0.329 e. The second-order valence-electron chi connectivity index (χ2n) is 8.88. The topological polar surface area (TPSA) is 82.3 Å². The molecule has 1 aromatic heterocycles. The number of aromatic nitrogens is 2. The first-order valence-corrected chi connectivity index (χ1v) is 11.9. The van der Waals surface area contributed by atoms with Crippen LogP contribution >= 0.6 is 0 Å². The maximum atomic E-state index is 12.9. The number of esters is 1. The van der Waals surface area contributed by atoms with Crippen molar-refractivity contribution in [1.82, 2.24) is 14.9 Å². The average molecular weight is 458 g/mol. The Bertz CT molecular complexity index is 1150. The molecular weight excluding hydrogens is 426 g/mol. The number of benzene rings is 2. The van der Waals surface area contributed by atoms with Gasteiger partial charge in [-0.1, -0.05) is 62.7 Å². The second kappa shape index (κ2) is 11.1. The van der Waals surface area contributed by atoms with Gasteiger partial charge in [-0.15, -0.1) is 0 Å². The molecule has 0 saturated carbocycles. The molecule has 176 valence electrons. The van der Waals surface area contributed by atoms with Crippen LogP contribution in [0, 0.1) is 17.2 Å². The smallest absolute Gasteiger partial charge is 0.329 e. The summed E-state index contributed by atoms with van der Waals surface area (Å²) in [5, 5.41) is 9.93. The number of fused-ring (bicyclic) bond motifs is 1. The molecule has 0 aliphatic carbocycles. The average Bonchev–Trinajstić information content (AvgIpc) is 2.88. The van der Waals surface area contributed by atoms with Crippen molar-refractivity contribution in [3.05, 3.63) is 65.9 Å². The van der Waals surface area contributed by atoms with Crippen LogP contribution in [0.2, 0.25) is 0 Å². The molecule has 0 bridgehead atoms. The van der Waals surface area contributed by atoms with Crippen molar-refractivity contribution in [1.29, 1.82) is 5.26 Å². The standard InChI is InChI=1S/C27H31N5O2/c1-3-20(2)19-34-27(33)22(17-28)25-26(30-24-12-8-7-11-23(24)29-25)32-15-13-31(14-16-32)18-21-9-5-4-6-10-21/h4-12,20,22H,3,13-16,18-19H2,1-2H3/t20-,22+/m0/s1. The van der Waals surface area contributed by atoms with E-state index in [1.54, 1.807) is 0 Å². The summed E-state index contributed by atoms with van der Waals surface area (Å²) in [5.74, 6) is -0.830. The third kappa shape index (κ3) is 5.52. The first-order valence-electron chi connectivity index (χ1n) is 11.9. The van der Waals surface area contributed by atoms with Gasteiger partial charge < -0.3 is 9.64 Å². The predicted molar refractivity (Wildman–Crippen MR) is 132 cm³/mol. The molecule has 0 amide bonds. The molecule has 0 radical (unpaired) electrons. The highest BCUT2D eigenvalue weighted by Gasteiger charge is 2.31. The van der Waals surface area contributed by atoms with Gasteiger partial charge in [-0.05, 0) is 23.6 Å². The number of piperazine rings is 1. The number of para-hydroxylation sites is 2. The molecule has 0 N–H and O–H groups in total. The number of anilines is 1. The third-order valence-electron chi connectivity index (χ3n) is 6.34. The number of hydrogen-bond acceptors (Lipinski definition) is 7. The first kappa shape index (κ1) is 23.7. The van der Waals surface area contributed by atoms with Crippen molar-refractivity contribution >= 4 is 22.8 Å². The quantitative estimate of drug-likeness (QED) is 0.470. The van der Waals surface area contributed by atoms with E-state index in [0.29, 0.717) is 23.6 Å². The molecule has 2 aromatic carbocycles. The Morgan fingerprint density at radius 2 is 1.68 bits per heavy atom. The number of carbonyl (C=O) groups is 1. The number of nitriles is 1. The van der Waals surface area contributed by atoms with E-state index >= 15 is 0 Å². The summed E-state index contributed by atoms with van der Waals surface area (Å²) >= 11 is 0. The minimum Gasteiger partial charge on any atom is -0.464 e. The van der Waals surface area contributed by atoms with Crippen LogP contribution < -0.4 is 4.90 Å². The molecule has 34 heavy (non-hydrogen) atoms. The van der Waals surface area contributed by atoms with Gasteiger partial charge in [0.05, 0.1) is 23.7 Å². The Hall–Kier alpha value is -3.50. The van der Waals surface area contributed by atoms with Crippen molar-refractivity contribution < 1.29 is 9.53 Å². The summed E-state index contributed by atoms with van der Waals surface area (Å²) in [4.78, 5) is 27.0. The largest absolute Gasteiger partial charge is 0.464 e. The predicted octanol–water partition coefficient (Wildman–Crippen LogP) is 4.15. The van der Waals surface area contributed by atoms with Gasteiger partial charge in [0.25, 0.3) is 0 Å². The summed E-state index contributed by atoms with van der Waals surface area (Å²) in [7, 11) is 0. The SMILES string of the molecule is CC[C@H](C)COC(=O)[C@H](C#N)c1nc2ccccc2nc1N1CCN(Cc2ccccc2)CC1. The maximum absolute atomic E-state index is 12.9. The monoisotopic (exact) mass is 457 g/mol. The summed E-state index contributed by atoms with van der Waals surface area (Å²) in [6, 6.07) is 20.1. The van der Waals surface area contributed by atoms with Crippen molar-refractivity contribution in [2.75, 3.05) is 37.7 Å². The van der Waals surface area contributed by atoms with Crippen LogP contribution in [0.5, 0.6) is 0 Å². The van der Waals surface area contributed by atoms with Gasteiger partial charge in [-0.2, -0.15) is 5.26 Å². The summed E-state index contributed by atoms with van der Waals surface area (Å²) in [6.45, 7) is 8.46. The minimum atomic E-state index is -1.11. The summed E-state index contributed by atoms with van der Waals surface area (Å²) in [5.41, 5.74) is 3.08. The van der Waals surface area contributed by atoms with E-state index in [4.69, 9.17) is 14.7 Å². The molecule has 1 aliphatic heterocycles. The molecule has 2 atom stereocenters. The fraction of sp³-hybridized carbons (Fsp3) is 0.407. The molecular formula is C27H31N5O2. The Morgan fingerprint density at radius 3 is 2.32 bits per heavy atom. The lowest BCUT2D eigenvalue weighted by Gasteiger charge is -2.36. The van der Waals surface area contributed by atoms with Gasteiger partial charge in [0, 0.05) is 32.7 Å². The molecule has 1 fully saturated rings. The van der Waals surface area contributed by atoms with Crippen LogP contribution in [0.4, 0.5) is 5.82 Å². The molecule has 3 aromatic rings. The van der Waals surface area contributed by atoms with Crippen molar-refractivity contribution in [3.8, 4) is 6.07 Å². The van der Waals surface area contributed by atoms with Crippen LogP contribution in [-0.4, -0.2) is 53.6 Å². The fourth-order valence-corrected chi connectivity index (χ4v) is 4.04. The lowest BCUT2D eigenvalue weighted by Crippen LogP contribution is -2.46. The zero-order valence-electron chi connectivity index (χ0n) is 19.9. The van der Waals surface area contributed by atoms with E-state index in [2.05, 4.69) is 40.1 Å². The zero-order chi connectivity index (χ0) is 23.9. The Labute approximate surface area is 201 Å². The van der Waals surface area contributed by atoms with Gasteiger partial charge in [0.15, 0.2) is 11.7 Å². The Morgan fingerprint density at radius 1 is 1.03 bits per heavy atom. The van der Waals surface area contributed by atoms with Crippen molar-refractivity contribution in [3.63, 3.8) is 0 Å². The van der Waals surface area contributed by atoms with E-state index in [-0.39, 0.29) is 5.92 Å². The van der Waals surface area contributed by atoms with E-state index in [9.17, 15) is 10.1 Å². The highest BCUT2D eigenvalue weighted by atomic mass is 16.5. The highest BCUT2D eigenvalue weighted by Crippen LogP contribution is 2.29. The van der Waals surface area contributed by atoms with Gasteiger partial charge in [0.1, 0.15) is 5.69 Å². The van der Waals surface area contributed by atoms with Crippen molar-refractivity contribution in [2.45, 2.75) is 32.7 Å². The second-order valence-corrected chi connectivity index (χ2v) is 8.88. The summed E-state index contributed by atoms with van der Waals surface area (Å²) in [6.07, 6.45) is 0.902. The molecule has 4 rings (SSSR count). The number of nitrogens with zero attached hydrogens (tertiary/aromatic N) is 5. The van der Waals surface area contributed by atoms with Crippen LogP contribution in [0.25, 0.3) is 11.0 Å². The molecule has 1 aliphatic rings. The highest BCUT2D eigenvalue weighted by molar-refractivity contribution is 5.85. The van der Waals surface area contributed by atoms with Crippen molar-refractivity contribution in [2.24, 2.45) is 5.92 Å². The van der Waals surface area contributed by atoms with E-state index in [1.165, 1.54) is 5.56 Å². The Kier molecular flexibility index (Phi) is 7.71. The van der Waals surface area contributed by atoms with Crippen LogP contribution in [0.15, 0.2) is 54.6 Å². The van der Waals surface area contributed by atoms with Crippen LogP contribution in [-0.2, 0) is 16.1 Å². The number of ether oxygens (including phenoxy) is 1. The number of hydrogen-bond donors (Lipinski definition) is 0. The normalized spacial score (nSPS) is 16.1. The molecule has 0 spiro atoms. The third-order valence-corrected chi connectivity index (χ3v) is 6.34. The fourth-order valence-electron chi connectivity index (χ4n) is 4.04. The van der Waals surface area contributed by atoms with Crippen LogP contribution in [0.3, 0.4) is 0 Å². The summed E-state index contributed by atoms with van der Waals surface area (Å²) < 4.78 is 5.48. The lowest BCUT2D eigenvalue weighted by atomic mass is 10.1. The van der Waals surface area contributed by atoms with Crippen LogP contribution in [0.1, 0.15) is 37.4 Å².